The van der Waals surface area contributed by atoms with Crippen LogP contribution >= 0.6 is 34.5 Å². The van der Waals surface area contributed by atoms with Crippen LogP contribution in [0.3, 0.4) is 0 Å². The van der Waals surface area contributed by atoms with Gasteiger partial charge in [-0.25, -0.2) is 13.1 Å². The maximum Gasteiger partial charge on any atom is 0.243 e. The Labute approximate surface area is 115 Å². The Kier molecular flexibility index (Phi) is 4.50. The van der Waals surface area contributed by atoms with E-state index < -0.39 is 21.7 Å². The summed E-state index contributed by atoms with van der Waals surface area (Å²) < 4.78 is 26.8. The second kappa shape index (κ2) is 5.03. The molecule has 0 spiro atoms. The Morgan fingerprint density at radius 2 is 2.00 bits per heavy atom. The third-order valence-electron chi connectivity index (χ3n) is 2.36. The van der Waals surface area contributed by atoms with Crippen LogP contribution in [-0.4, -0.2) is 25.2 Å². The minimum Gasteiger partial charge on any atom is -0.391 e. The molecule has 0 amide bonds. The molecule has 2 N–H and O–H groups in total. The Morgan fingerprint density at radius 1 is 1.47 bits per heavy atom. The monoisotopic (exact) mass is 317 g/mol. The molecule has 0 aliphatic carbocycles. The summed E-state index contributed by atoms with van der Waals surface area (Å²) in [7, 11) is -3.79. The van der Waals surface area contributed by atoms with E-state index in [4.69, 9.17) is 23.2 Å². The van der Waals surface area contributed by atoms with Crippen molar-refractivity contribution in [3.8, 4) is 0 Å². The zero-order valence-electron chi connectivity index (χ0n) is 9.49. The highest BCUT2D eigenvalue weighted by Gasteiger charge is 2.32. The molecule has 0 aliphatic heterocycles. The van der Waals surface area contributed by atoms with Crippen LogP contribution in [0.1, 0.15) is 20.8 Å². The van der Waals surface area contributed by atoms with E-state index in [0.717, 1.165) is 11.3 Å². The summed E-state index contributed by atoms with van der Waals surface area (Å²) in [4.78, 5) is -0.0668. The minimum atomic E-state index is -3.79. The molecular formula is C9H13Cl2NO3S2. The second-order valence-electron chi connectivity index (χ2n) is 4.19. The van der Waals surface area contributed by atoms with Gasteiger partial charge in [0.05, 0.1) is 16.0 Å². The Bertz CT molecular complexity index is 508. The van der Waals surface area contributed by atoms with Crippen molar-refractivity contribution in [1.29, 1.82) is 0 Å². The summed E-state index contributed by atoms with van der Waals surface area (Å²) in [5, 5.41) is 9.48. The van der Waals surface area contributed by atoms with Crippen molar-refractivity contribution < 1.29 is 13.5 Å². The van der Waals surface area contributed by atoms with E-state index in [-0.39, 0.29) is 9.23 Å². The summed E-state index contributed by atoms with van der Waals surface area (Å²) >= 11 is 12.5. The van der Waals surface area contributed by atoms with Gasteiger partial charge in [-0.1, -0.05) is 23.2 Å². The first-order valence-electron chi connectivity index (χ1n) is 4.73. The van der Waals surface area contributed by atoms with E-state index in [0.29, 0.717) is 4.34 Å². The number of rotatable bonds is 4. The molecule has 1 atom stereocenters. The summed E-state index contributed by atoms with van der Waals surface area (Å²) in [6, 6.07) is 1.29. The Morgan fingerprint density at radius 3 is 2.35 bits per heavy atom. The fraction of sp³-hybridized carbons (Fsp3) is 0.556. The van der Waals surface area contributed by atoms with Crippen molar-refractivity contribution in [3.63, 3.8) is 0 Å². The molecule has 1 unspecified atom stereocenters. The molecule has 1 rings (SSSR count). The van der Waals surface area contributed by atoms with Crippen LogP contribution in [-0.2, 0) is 10.0 Å². The maximum atomic E-state index is 12.0. The molecule has 1 heterocycles. The van der Waals surface area contributed by atoms with Crippen LogP contribution in [0.4, 0.5) is 0 Å². The third-order valence-corrected chi connectivity index (χ3v) is 5.78. The first-order chi connectivity index (χ1) is 7.56. The number of thiophene rings is 1. The largest absolute Gasteiger partial charge is 0.391 e. The number of halogens is 2. The average molecular weight is 318 g/mol. The van der Waals surface area contributed by atoms with Gasteiger partial charge in [-0.2, -0.15) is 0 Å². The SMILES string of the molecule is CC(O)C(C)(C)NS(=O)(=O)c1cc(Cl)sc1Cl. The number of nitrogens with one attached hydrogen (secondary N) is 1. The molecule has 1 aromatic rings. The van der Waals surface area contributed by atoms with Gasteiger partial charge in [0, 0.05) is 0 Å². The molecule has 4 nitrogen and oxygen atoms in total. The van der Waals surface area contributed by atoms with Gasteiger partial charge in [-0.05, 0) is 26.8 Å². The second-order valence-corrected chi connectivity index (χ2v) is 8.13. The average Bonchev–Trinajstić information content (AvgIpc) is 2.43. The standard InChI is InChI=1S/C9H13Cl2NO3S2/c1-5(13)9(2,3)12-17(14,15)6-4-7(10)16-8(6)11/h4-5,12-13H,1-3H3. The molecule has 0 aromatic carbocycles. The van der Waals surface area contributed by atoms with E-state index in [1.165, 1.54) is 13.0 Å². The lowest BCUT2D eigenvalue weighted by atomic mass is 10.0. The summed E-state index contributed by atoms with van der Waals surface area (Å²) in [5.74, 6) is 0. The van der Waals surface area contributed by atoms with Crippen LogP contribution < -0.4 is 4.72 Å². The molecule has 0 bridgehead atoms. The van der Waals surface area contributed by atoms with Gasteiger partial charge in [-0.3, -0.25) is 0 Å². The smallest absolute Gasteiger partial charge is 0.243 e. The Balaban J connectivity index is 3.10. The zero-order valence-corrected chi connectivity index (χ0v) is 12.6. The molecule has 0 aliphatic rings. The van der Waals surface area contributed by atoms with Crippen molar-refractivity contribution in [3.05, 3.63) is 14.7 Å². The first kappa shape index (κ1) is 15.2. The van der Waals surface area contributed by atoms with Gasteiger partial charge in [0.2, 0.25) is 10.0 Å². The highest BCUT2D eigenvalue weighted by atomic mass is 35.5. The number of aliphatic hydroxyl groups is 1. The number of aliphatic hydroxyl groups excluding tert-OH is 1. The Hall–Kier alpha value is 0.150. The van der Waals surface area contributed by atoms with E-state index in [1.54, 1.807) is 13.8 Å². The van der Waals surface area contributed by atoms with Gasteiger partial charge >= 0.3 is 0 Å². The van der Waals surface area contributed by atoms with Crippen LogP contribution in [0.5, 0.6) is 0 Å². The topological polar surface area (TPSA) is 66.4 Å². The lowest BCUT2D eigenvalue weighted by Gasteiger charge is -2.28. The molecule has 17 heavy (non-hydrogen) atoms. The predicted molar refractivity (Wildman–Crippen MR) is 70.4 cm³/mol. The van der Waals surface area contributed by atoms with Crippen molar-refractivity contribution in [2.24, 2.45) is 0 Å². The van der Waals surface area contributed by atoms with Crippen LogP contribution in [0, 0.1) is 0 Å². The van der Waals surface area contributed by atoms with Gasteiger partial charge in [0.1, 0.15) is 9.23 Å². The molecule has 1 aromatic heterocycles. The lowest BCUT2D eigenvalue weighted by molar-refractivity contribution is 0.111. The minimum absolute atomic E-state index is 0.0668. The fourth-order valence-electron chi connectivity index (χ4n) is 0.995. The van der Waals surface area contributed by atoms with Gasteiger partial charge in [0.15, 0.2) is 0 Å². The summed E-state index contributed by atoms with van der Waals surface area (Å²) in [5.41, 5.74) is -0.990. The first-order valence-corrected chi connectivity index (χ1v) is 7.78. The summed E-state index contributed by atoms with van der Waals surface area (Å²) in [6.07, 6.45) is -0.842. The molecule has 0 radical (unpaired) electrons. The van der Waals surface area contributed by atoms with Crippen molar-refractivity contribution in [2.75, 3.05) is 0 Å². The van der Waals surface area contributed by atoms with Crippen LogP contribution in [0.25, 0.3) is 0 Å². The molecule has 98 valence electrons. The maximum absolute atomic E-state index is 12.0. The zero-order chi connectivity index (χ0) is 13.4. The number of sulfonamides is 1. The van der Waals surface area contributed by atoms with E-state index in [2.05, 4.69) is 4.72 Å². The van der Waals surface area contributed by atoms with E-state index in [9.17, 15) is 13.5 Å². The molecule has 8 heteroatoms. The fourth-order valence-corrected chi connectivity index (χ4v) is 4.62. The molecule has 0 saturated carbocycles. The van der Waals surface area contributed by atoms with Crippen molar-refractivity contribution >= 4 is 44.6 Å². The predicted octanol–water partition coefficient (Wildman–Crippen LogP) is 2.49. The van der Waals surface area contributed by atoms with Crippen LogP contribution in [0.2, 0.25) is 8.67 Å². The third kappa shape index (κ3) is 3.56. The number of hydrogen-bond acceptors (Lipinski definition) is 4. The van der Waals surface area contributed by atoms with Crippen LogP contribution in [0.15, 0.2) is 11.0 Å². The van der Waals surface area contributed by atoms with Crippen molar-refractivity contribution in [2.45, 2.75) is 37.3 Å². The molecule has 0 saturated heterocycles. The normalized spacial score (nSPS) is 14.9. The quantitative estimate of drug-likeness (QED) is 0.896. The number of hydrogen-bond donors (Lipinski definition) is 2. The van der Waals surface area contributed by atoms with Crippen molar-refractivity contribution in [1.82, 2.24) is 4.72 Å². The van der Waals surface area contributed by atoms with E-state index in [1.807, 2.05) is 0 Å². The van der Waals surface area contributed by atoms with E-state index >= 15 is 0 Å². The highest BCUT2D eigenvalue weighted by molar-refractivity contribution is 7.89. The highest BCUT2D eigenvalue weighted by Crippen LogP contribution is 2.34. The van der Waals surface area contributed by atoms with Gasteiger partial charge < -0.3 is 5.11 Å². The van der Waals surface area contributed by atoms with Gasteiger partial charge in [-0.15, -0.1) is 11.3 Å². The van der Waals surface area contributed by atoms with Gasteiger partial charge in [0.25, 0.3) is 0 Å². The lowest BCUT2D eigenvalue weighted by Crippen LogP contribution is -2.50. The molecule has 0 fully saturated rings. The summed E-state index contributed by atoms with van der Waals surface area (Å²) in [6.45, 7) is 4.67. The molecular weight excluding hydrogens is 305 g/mol.